The van der Waals surface area contributed by atoms with Crippen LogP contribution in [0.5, 0.6) is 0 Å². The number of amides is 3. The lowest BCUT2D eigenvalue weighted by molar-refractivity contribution is -0.116. The highest BCUT2D eigenvalue weighted by atomic mass is 16.2. The van der Waals surface area contributed by atoms with Crippen LogP contribution >= 0.6 is 0 Å². The van der Waals surface area contributed by atoms with Crippen LogP contribution in [0.1, 0.15) is 59.7 Å². The standard InChI is InChI=1S/C23H35N5O2/c1-9-27(21(30)25-23(6,7)8)15-20(29)24-19-14-18(22(3,4)5)26-28(19)17-13-11-10-12-16(17)2/h10-14H,9,15H2,1-8H3,(H,24,29)(H,25,30). The first-order valence-corrected chi connectivity index (χ1v) is 10.4. The number of aryl methyl sites for hydroxylation is 1. The summed E-state index contributed by atoms with van der Waals surface area (Å²) in [4.78, 5) is 26.8. The zero-order valence-electron chi connectivity index (χ0n) is 19.5. The molecule has 7 nitrogen and oxygen atoms in total. The maximum Gasteiger partial charge on any atom is 0.318 e. The fourth-order valence-corrected chi connectivity index (χ4v) is 2.90. The number of para-hydroxylation sites is 1. The molecule has 1 heterocycles. The Morgan fingerprint density at radius 3 is 2.27 bits per heavy atom. The van der Waals surface area contributed by atoms with Crippen molar-refractivity contribution in [2.24, 2.45) is 0 Å². The second-order valence-corrected chi connectivity index (χ2v) is 9.61. The SMILES string of the molecule is CCN(CC(=O)Nc1cc(C(C)(C)C)nn1-c1ccccc1C)C(=O)NC(C)(C)C. The molecule has 2 N–H and O–H groups in total. The Hall–Kier alpha value is -2.83. The minimum Gasteiger partial charge on any atom is -0.333 e. The number of carbonyl (C=O) groups is 2. The molecule has 0 unspecified atom stereocenters. The summed E-state index contributed by atoms with van der Waals surface area (Å²) in [6.45, 7) is 16.2. The summed E-state index contributed by atoms with van der Waals surface area (Å²) in [5, 5.41) is 10.6. The summed E-state index contributed by atoms with van der Waals surface area (Å²) in [6, 6.07) is 9.54. The van der Waals surface area contributed by atoms with Gasteiger partial charge < -0.3 is 15.5 Å². The highest BCUT2D eigenvalue weighted by Gasteiger charge is 2.24. The molecule has 0 radical (unpaired) electrons. The lowest BCUT2D eigenvalue weighted by Gasteiger charge is -2.27. The van der Waals surface area contributed by atoms with E-state index in [0.717, 1.165) is 16.9 Å². The molecule has 0 aliphatic carbocycles. The van der Waals surface area contributed by atoms with E-state index in [4.69, 9.17) is 5.10 Å². The normalized spacial score (nSPS) is 11.9. The molecule has 0 spiro atoms. The van der Waals surface area contributed by atoms with Gasteiger partial charge in [-0.2, -0.15) is 5.10 Å². The molecule has 7 heteroatoms. The fourth-order valence-electron chi connectivity index (χ4n) is 2.90. The molecule has 0 fully saturated rings. The average Bonchev–Trinajstić information content (AvgIpc) is 3.02. The molecule has 0 atom stereocenters. The van der Waals surface area contributed by atoms with Gasteiger partial charge in [-0.1, -0.05) is 39.0 Å². The van der Waals surface area contributed by atoms with Gasteiger partial charge in [0.25, 0.3) is 0 Å². The minimum absolute atomic E-state index is 0.0395. The predicted octanol–water partition coefficient (Wildman–Crippen LogP) is 4.25. The van der Waals surface area contributed by atoms with Crippen LogP contribution in [0.25, 0.3) is 5.69 Å². The van der Waals surface area contributed by atoms with Crippen LogP contribution in [0.3, 0.4) is 0 Å². The van der Waals surface area contributed by atoms with Crippen molar-refractivity contribution in [2.45, 2.75) is 66.3 Å². The van der Waals surface area contributed by atoms with E-state index in [1.807, 2.05) is 65.0 Å². The van der Waals surface area contributed by atoms with E-state index in [9.17, 15) is 9.59 Å². The Balaban J connectivity index is 2.28. The Labute approximate surface area is 179 Å². The third-order valence-electron chi connectivity index (χ3n) is 4.57. The number of rotatable bonds is 5. The summed E-state index contributed by atoms with van der Waals surface area (Å²) in [5.74, 6) is 0.322. The molecule has 1 aromatic heterocycles. The van der Waals surface area contributed by atoms with Crippen LogP contribution in [0.15, 0.2) is 30.3 Å². The maximum absolute atomic E-state index is 12.8. The van der Waals surface area contributed by atoms with Gasteiger partial charge in [-0.05, 0) is 46.2 Å². The molecule has 2 rings (SSSR count). The minimum atomic E-state index is -0.369. The fraction of sp³-hybridized carbons (Fsp3) is 0.522. The number of hydrogen-bond acceptors (Lipinski definition) is 3. The summed E-state index contributed by atoms with van der Waals surface area (Å²) >= 11 is 0. The van der Waals surface area contributed by atoms with E-state index in [2.05, 4.69) is 31.4 Å². The first kappa shape index (κ1) is 23.4. The third kappa shape index (κ3) is 6.08. The van der Waals surface area contributed by atoms with E-state index in [-0.39, 0.29) is 29.4 Å². The van der Waals surface area contributed by atoms with Crippen LogP contribution in [0.2, 0.25) is 0 Å². The van der Waals surface area contributed by atoms with Crippen molar-refractivity contribution in [2.75, 3.05) is 18.4 Å². The molecular weight excluding hydrogens is 378 g/mol. The van der Waals surface area contributed by atoms with Crippen LogP contribution in [0.4, 0.5) is 10.6 Å². The van der Waals surface area contributed by atoms with Gasteiger partial charge in [0, 0.05) is 23.6 Å². The highest BCUT2D eigenvalue weighted by molar-refractivity contribution is 5.94. The zero-order valence-corrected chi connectivity index (χ0v) is 19.5. The third-order valence-corrected chi connectivity index (χ3v) is 4.57. The average molecular weight is 414 g/mol. The van der Waals surface area contributed by atoms with Crippen molar-refractivity contribution >= 4 is 17.8 Å². The highest BCUT2D eigenvalue weighted by Crippen LogP contribution is 2.27. The number of anilines is 1. The van der Waals surface area contributed by atoms with Gasteiger partial charge >= 0.3 is 6.03 Å². The van der Waals surface area contributed by atoms with Gasteiger partial charge in [0.2, 0.25) is 5.91 Å². The maximum atomic E-state index is 12.8. The van der Waals surface area contributed by atoms with E-state index >= 15 is 0 Å². The van der Waals surface area contributed by atoms with Gasteiger partial charge in [-0.25, -0.2) is 9.48 Å². The Morgan fingerprint density at radius 2 is 1.73 bits per heavy atom. The van der Waals surface area contributed by atoms with Gasteiger partial charge in [0.15, 0.2) is 0 Å². The number of carbonyl (C=O) groups excluding carboxylic acids is 2. The van der Waals surface area contributed by atoms with Gasteiger partial charge in [-0.15, -0.1) is 0 Å². The van der Waals surface area contributed by atoms with Gasteiger partial charge in [0.05, 0.1) is 11.4 Å². The summed E-state index contributed by atoms with van der Waals surface area (Å²) in [5.41, 5.74) is 2.29. The number of benzene rings is 1. The van der Waals surface area contributed by atoms with E-state index in [1.54, 1.807) is 4.68 Å². The van der Waals surface area contributed by atoms with Crippen molar-refractivity contribution in [1.82, 2.24) is 20.0 Å². The van der Waals surface area contributed by atoms with Crippen molar-refractivity contribution in [3.05, 3.63) is 41.6 Å². The van der Waals surface area contributed by atoms with Crippen molar-refractivity contribution in [1.29, 1.82) is 0 Å². The quantitative estimate of drug-likeness (QED) is 0.769. The molecule has 30 heavy (non-hydrogen) atoms. The number of urea groups is 1. The smallest absolute Gasteiger partial charge is 0.318 e. The second-order valence-electron chi connectivity index (χ2n) is 9.61. The molecule has 1 aromatic carbocycles. The summed E-state index contributed by atoms with van der Waals surface area (Å²) < 4.78 is 1.76. The molecule has 0 bridgehead atoms. The zero-order chi connectivity index (χ0) is 22.7. The van der Waals surface area contributed by atoms with E-state index < -0.39 is 0 Å². The number of likely N-dealkylation sites (N-methyl/N-ethyl adjacent to an activating group) is 1. The number of nitrogens with one attached hydrogen (secondary N) is 2. The van der Waals surface area contributed by atoms with E-state index in [0.29, 0.717) is 12.4 Å². The lowest BCUT2D eigenvalue weighted by atomic mass is 9.92. The Bertz CT molecular complexity index is 903. The second kappa shape index (κ2) is 8.90. The monoisotopic (exact) mass is 413 g/mol. The molecule has 2 aromatic rings. The molecule has 0 saturated carbocycles. The van der Waals surface area contributed by atoms with Crippen LogP contribution in [-0.4, -0.2) is 45.2 Å². The first-order valence-electron chi connectivity index (χ1n) is 10.4. The van der Waals surface area contributed by atoms with Gasteiger partial charge in [-0.3, -0.25) is 4.79 Å². The summed E-state index contributed by atoms with van der Waals surface area (Å²) in [7, 11) is 0. The van der Waals surface area contributed by atoms with Gasteiger partial charge in [0.1, 0.15) is 12.4 Å². The number of nitrogens with zero attached hydrogens (tertiary/aromatic N) is 3. The first-order chi connectivity index (χ1) is 13.8. The molecule has 164 valence electrons. The van der Waals surface area contributed by atoms with Crippen LogP contribution in [-0.2, 0) is 10.2 Å². The number of aromatic nitrogens is 2. The Kier molecular flexibility index (Phi) is 6.95. The molecule has 0 aliphatic heterocycles. The molecule has 0 saturated heterocycles. The van der Waals surface area contributed by atoms with Crippen molar-refractivity contribution < 1.29 is 9.59 Å². The van der Waals surface area contributed by atoms with Crippen LogP contribution in [0, 0.1) is 6.92 Å². The molecule has 0 aliphatic rings. The topological polar surface area (TPSA) is 79.3 Å². The Morgan fingerprint density at radius 1 is 1.10 bits per heavy atom. The predicted molar refractivity (Wildman–Crippen MR) is 121 cm³/mol. The van der Waals surface area contributed by atoms with Crippen molar-refractivity contribution in [3.8, 4) is 5.69 Å². The lowest BCUT2D eigenvalue weighted by Crippen LogP contribution is -2.50. The molecular formula is C23H35N5O2. The largest absolute Gasteiger partial charge is 0.333 e. The summed E-state index contributed by atoms with van der Waals surface area (Å²) in [6.07, 6.45) is 0. The molecule has 3 amide bonds. The van der Waals surface area contributed by atoms with E-state index in [1.165, 1.54) is 4.90 Å². The van der Waals surface area contributed by atoms with Crippen LogP contribution < -0.4 is 10.6 Å². The number of hydrogen-bond donors (Lipinski definition) is 2. The van der Waals surface area contributed by atoms with Crippen molar-refractivity contribution in [3.63, 3.8) is 0 Å².